The van der Waals surface area contributed by atoms with Gasteiger partial charge >= 0.3 is 0 Å². The van der Waals surface area contributed by atoms with Crippen LogP contribution in [0.4, 0.5) is 11.4 Å². The fourth-order valence-electron chi connectivity index (χ4n) is 10.3. The van der Waals surface area contributed by atoms with E-state index in [1.165, 1.54) is 104 Å². The van der Waals surface area contributed by atoms with Crippen LogP contribution in [0.3, 0.4) is 0 Å². The Kier molecular flexibility index (Phi) is 7.26. The van der Waals surface area contributed by atoms with Crippen LogP contribution in [0.5, 0.6) is 0 Å². The average molecular weight is 749 g/mol. The van der Waals surface area contributed by atoms with Crippen molar-refractivity contribution in [1.82, 2.24) is 4.57 Å². The first-order valence-electron chi connectivity index (χ1n) is 21.0. The second-order valence-corrected chi connectivity index (χ2v) is 19.5. The monoisotopic (exact) mass is 748 g/mol. The lowest BCUT2D eigenvalue weighted by Gasteiger charge is -2.28. The molecule has 1 N–H and O–H groups in total. The van der Waals surface area contributed by atoms with Gasteiger partial charge in [0.15, 0.2) is 7.28 Å². The van der Waals surface area contributed by atoms with Crippen molar-refractivity contribution < 1.29 is 0 Å². The van der Waals surface area contributed by atoms with Crippen LogP contribution >= 0.6 is 0 Å². The topological polar surface area (TPSA) is 17.0 Å². The Morgan fingerprint density at radius 1 is 0.534 bits per heavy atom. The summed E-state index contributed by atoms with van der Waals surface area (Å²) in [5, 5.41) is 11.7. The number of hydrogen-bond donors (Lipinski definition) is 1. The van der Waals surface area contributed by atoms with Crippen LogP contribution in [-0.2, 0) is 16.2 Å². The quantitative estimate of drug-likeness (QED) is 0.178. The van der Waals surface area contributed by atoms with Gasteiger partial charge in [-0.3, -0.25) is 0 Å². The Hall–Kier alpha value is -6.06. The summed E-state index contributed by atoms with van der Waals surface area (Å²) in [5.41, 5.74) is 19.7. The number of rotatable bonds is 3. The van der Waals surface area contributed by atoms with Crippen LogP contribution in [0.1, 0.15) is 77.6 Å². The summed E-state index contributed by atoms with van der Waals surface area (Å²) in [6.45, 7) is 18.7. The van der Waals surface area contributed by atoms with Crippen LogP contribution in [0.15, 0.2) is 140 Å². The van der Waals surface area contributed by atoms with Gasteiger partial charge in [-0.1, -0.05) is 158 Å². The Morgan fingerprint density at radius 2 is 1.22 bits per heavy atom. The van der Waals surface area contributed by atoms with Crippen LogP contribution in [0.2, 0.25) is 0 Å². The second-order valence-electron chi connectivity index (χ2n) is 19.5. The molecule has 58 heavy (non-hydrogen) atoms. The molecule has 1 aromatic heterocycles. The van der Waals surface area contributed by atoms with E-state index in [2.05, 4.69) is 205 Å². The van der Waals surface area contributed by atoms with Gasteiger partial charge in [0.05, 0.1) is 5.52 Å². The van der Waals surface area contributed by atoms with Crippen molar-refractivity contribution in [3.8, 4) is 27.9 Å². The Morgan fingerprint density at radius 3 is 2.02 bits per heavy atom. The molecule has 11 rings (SSSR count). The van der Waals surface area contributed by atoms with E-state index >= 15 is 0 Å². The van der Waals surface area contributed by atoms with E-state index in [0.29, 0.717) is 0 Å². The summed E-state index contributed by atoms with van der Waals surface area (Å²) in [7, 11) is 0.853. The third kappa shape index (κ3) is 5.05. The maximum Gasteiger partial charge on any atom is 0.198 e. The van der Waals surface area contributed by atoms with E-state index in [9.17, 15) is 0 Å². The Balaban J connectivity index is 1.20. The van der Waals surface area contributed by atoms with E-state index in [1.807, 2.05) is 0 Å². The fourth-order valence-corrected chi connectivity index (χ4v) is 10.3. The summed E-state index contributed by atoms with van der Waals surface area (Å²) < 4.78 is 2.63. The SMILES string of the molecule is CC(C)(C)c1ccc2c(c1)c1cc(C(C)(C)C)cc3c1n2-c1c(c(-c2c(Nc4ccc5c(c4)-c4ccccc4C5(C)C)ccc4ccccc24)cc2ccccc12)B3. The summed E-state index contributed by atoms with van der Waals surface area (Å²) >= 11 is 0. The minimum Gasteiger partial charge on any atom is -0.355 e. The molecule has 1 aliphatic heterocycles. The van der Waals surface area contributed by atoms with Crippen LogP contribution in [0.25, 0.3) is 71.3 Å². The number of nitrogens with zero attached hydrogens (tertiary/aromatic N) is 1. The number of benzene rings is 8. The summed E-state index contributed by atoms with van der Waals surface area (Å²) in [6, 6.07) is 53.1. The molecule has 0 bridgehead atoms. The molecule has 2 nitrogen and oxygen atoms in total. The molecule has 0 unspecified atom stereocenters. The zero-order valence-electron chi connectivity index (χ0n) is 34.9. The Bertz CT molecular complexity index is 3220. The smallest absolute Gasteiger partial charge is 0.198 e. The average Bonchev–Trinajstić information content (AvgIpc) is 3.65. The third-order valence-corrected chi connectivity index (χ3v) is 13.5. The maximum atomic E-state index is 4.01. The third-order valence-electron chi connectivity index (χ3n) is 13.5. The lowest BCUT2D eigenvalue weighted by atomic mass is 9.57. The van der Waals surface area contributed by atoms with Crippen LogP contribution in [-0.4, -0.2) is 11.8 Å². The molecule has 0 saturated heterocycles. The predicted octanol–water partition coefficient (Wildman–Crippen LogP) is 13.1. The molecule has 282 valence electrons. The van der Waals surface area contributed by atoms with Crippen molar-refractivity contribution in [1.29, 1.82) is 0 Å². The van der Waals surface area contributed by atoms with Crippen molar-refractivity contribution in [2.24, 2.45) is 0 Å². The van der Waals surface area contributed by atoms with Crippen molar-refractivity contribution in [2.45, 2.75) is 71.6 Å². The molecule has 0 spiro atoms. The molecule has 8 aromatic carbocycles. The summed E-state index contributed by atoms with van der Waals surface area (Å²) in [6.07, 6.45) is 0. The highest BCUT2D eigenvalue weighted by Gasteiger charge is 2.35. The number of fused-ring (bicyclic) bond motifs is 11. The summed E-state index contributed by atoms with van der Waals surface area (Å²) in [4.78, 5) is 0. The molecule has 3 heteroatoms. The van der Waals surface area contributed by atoms with Gasteiger partial charge in [-0.25, -0.2) is 0 Å². The van der Waals surface area contributed by atoms with Crippen LogP contribution < -0.4 is 16.2 Å². The molecule has 2 aliphatic rings. The van der Waals surface area contributed by atoms with Gasteiger partial charge in [-0.2, -0.15) is 0 Å². The van der Waals surface area contributed by atoms with Gasteiger partial charge < -0.3 is 9.88 Å². The summed E-state index contributed by atoms with van der Waals surface area (Å²) in [5.74, 6) is 0. The number of nitrogens with one attached hydrogen (secondary N) is 1. The van der Waals surface area contributed by atoms with Gasteiger partial charge in [-0.05, 0) is 114 Å². The minimum atomic E-state index is -0.0335. The minimum absolute atomic E-state index is 0.00551. The highest BCUT2D eigenvalue weighted by atomic mass is 15.0. The lowest BCUT2D eigenvalue weighted by molar-refractivity contribution is 0.590. The first-order valence-corrected chi connectivity index (χ1v) is 21.0. The predicted molar refractivity (Wildman–Crippen MR) is 252 cm³/mol. The number of hydrogen-bond acceptors (Lipinski definition) is 1. The van der Waals surface area contributed by atoms with Gasteiger partial charge in [0.25, 0.3) is 0 Å². The molecule has 1 aliphatic carbocycles. The van der Waals surface area contributed by atoms with E-state index in [0.717, 1.165) is 18.7 Å². The first-order chi connectivity index (χ1) is 27.8. The van der Waals surface area contributed by atoms with E-state index in [-0.39, 0.29) is 16.2 Å². The maximum absolute atomic E-state index is 4.01. The van der Waals surface area contributed by atoms with Crippen molar-refractivity contribution >= 4 is 72.9 Å². The standard InChI is InChI=1S/C55H49BN2/c1-53(2,3)34-22-26-48-41(28-34)42-29-35(54(4,5)6)30-46-51(42)58(48)52-38-18-12-10-16-33(38)27-43(50(52)56-46)49-37-17-11-9-15-32(37)21-25-47(49)57-36-23-24-45-40(31-36)39-19-13-14-20-44(39)55(45,7)8/h9-31,56-57H,1-8H3. The fraction of sp³-hybridized carbons (Fsp3) is 0.200. The molecule has 0 fully saturated rings. The molecule has 0 amide bonds. The molecule has 0 saturated carbocycles. The lowest BCUT2D eigenvalue weighted by Crippen LogP contribution is -2.38. The van der Waals surface area contributed by atoms with E-state index in [1.54, 1.807) is 0 Å². The van der Waals surface area contributed by atoms with Gasteiger partial charge in [0.1, 0.15) is 0 Å². The zero-order valence-corrected chi connectivity index (χ0v) is 34.9. The van der Waals surface area contributed by atoms with E-state index < -0.39 is 0 Å². The number of anilines is 2. The van der Waals surface area contributed by atoms with Gasteiger partial charge in [0, 0.05) is 49.7 Å². The number of aromatic nitrogens is 1. The van der Waals surface area contributed by atoms with Crippen LogP contribution in [0, 0.1) is 0 Å². The second kappa shape index (κ2) is 12.0. The molecule has 0 atom stereocenters. The van der Waals surface area contributed by atoms with Crippen molar-refractivity contribution in [3.05, 3.63) is 162 Å². The molecular weight excluding hydrogens is 699 g/mol. The molecule has 2 heterocycles. The van der Waals surface area contributed by atoms with Crippen molar-refractivity contribution in [2.75, 3.05) is 5.32 Å². The molecule has 0 radical (unpaired) electrons. The zero-order chi connectivity index (χ0) is 39.9. The van der Waals surface area contributed by atoms with E-state index in [4.69, 9.17) is 0 Å². The molecule has 9 aromatic rings. The highest BCUT2D eigenvalue weighted by Crippen LogP contribution is 2.50. The highest BCUT2D eigenvalue weighted by molar-refractivity contribution is 6.74. The first kappa shape index (κ1) is 35.1. The largest absolute Gasteiger partial charge is 0.355 e. The normalized spacial score (nSPS) is 14.1. The molecular formula is C55H49BN2. The van der Waals surface area contributed by atoms with Gasteiger partial charge in [0.2, 0.25) is 0 Å². The van der Waals surface area contributed by atoms with Crippen molar-refractivity contribution in [3.63, 3.8) is 0 Å². The Labute approximate surface area is 342 Å². The van der Waals surface area contributed by atoms with Gasteiger partial charge in [-0.15, -0.1) is 0 Å².